The second-order valence-corrected chi connectivity index (χ2v) is 24.6. The van der Waals surface area contributed by atoms with Gasteiger partial charge in [0.1, 0.15) is 42.3 Å². The Bertz CT molecular complexity index is 2900. The van der Waals surface area contributed by atoms with Crippen LogP contribution in [-0.2, 0) is 66.9 Å². The highest BCUT2D eigenvalue weighted by Crippen LogP contribution is 2.32. The molecule has 2 fully saturated rings. The third-order valence-electron chi connectivity index (χ3n) is 17.1. The number of nitrogens with one attached hydrogen (secondary N) is 3. The zero-order valence-corrected chi connectivity index (χ0v) is 52.9. The Balaban J connectivity index is 1.71. The van der Waals surface area contributed by atoms with Gasteiger partial charge in [0.2, 0.25) is 41.4 Å². The summed E-state index contributed by atoms with van der Waals surface area (Å²) in [5.74, 6) is -8.36. The van der Waals surface area contributed by atoms with Crippen LogP contribution >= 0.6 is 0 Å². The Morgan fingerprint density at radius 2 is 1.21 bits per heavy atom. The highest BCUT2D eigenvalue weighted by atomic mass is 19.4. The van der Waals surface area contributed by atoms with E-state index >= 15 is 14.4 Å². The van der Waals surface area contributed by atoms with E-state index in [1.807, 2.05) is 20.8 Å². The molecule has 5 rings (SSSR count). The van der Waals surface area contributed by atoms with E-state index < -0.39 is 137 Å². The molecule has 0 radical (unpaired) electrons. The number of fused-ring (bicyclic) bond motifs is 1. The molecule has 0 bridgehead atoms. The van der Waals surface area contributed by atoms with E-state index in [1.165, 1.54) is 70.9 Å². The minimum atomic E-state index is -4.57. The maximum absolute atomic E-state index is 15.6. The summed E-state index contributed by atoms with van der Waals surface area (Å²) in [6, 6.07) is 9.41. The molecule has 478 valence electrons. The molecule has 3 aromatic rings. The Morgan fingerprint density at radius 1 is 0.621 bits per heavy atom. The van der Waals surface area contributed by atoms with Gasteiger partial charge in [-0.25, -0.2) is 4.79 Å². The summed E-state index contributed by atoms with van der Waals surface area (Å²) in [6.45, 7) is 16.5. The number of benzene rings is 3. The predicted molar refractivity (Wildman–Crippen MR) is 323 cm³/mol. The number of nitrogens with zero attached hydrogens (tertiary/aromatic N) is 5. The number of amides is 8. The highest BCUT2D eigenvalue weighted by molar-refractivity contribution is 5.99. The van der Waals surface area contributed by atoms with E-state index in [4.69, 9.17) is 4.74 Å². The van der Waals surface area contributed by atoms with Crippen molar-refractivity contribution in [3.63, 3.8) is 0 Å². The van der Waals surface area contributed by atoms with Gasteiger partial charge < -0.3 is 50.3 Å². The van der Waals surface area contributed by atoms with Crippen LogP contribution in [0.15, 0.2) is 78.9 Å². The predicted octanol–water partition coefficient (Wildman–Crippen LogP) is 6.57. The van der Waals surface area contributed by atoms with Crippen molar-refractivity contribution in [3.8, 4) is 11.1 Å². The van der Waals surface area contributed by atoms with E-state index in [0.29, 0.717) is 47.9 Å². The van der Waals surface area contributed by atoms with Crippen molar-refractivity contribution in [1.82, 2.24) is 40.4 Å². The molecule has 3 aromatic carbocycles. The van der Waals surface area contributed by atoms with Gasteiger partial charge in [0.15, 0.2) is 12.1 Å². The van der Waals surface area contributed by atoms with Gasteiger partial charge in [-0.15, -0.1) is 0 Å². The lowest BCUT2D eigenvalue weighted by molar-refractivity contribution is -0.177. The number of carbonyl (C=O) groups is 9. The van der Waals surface area contributed by atoms with E-state index in [2.05, 4.69) is 16.0 Å². The number of alkyl halides is 3. The number of carbonyl (C=O) groups excluding carboxylic acids is 9. The first-order valence-corrected chi connectivity index (χ1v) is 30.3. The first-order chi connectivity index (χ1) is 40.8. The monoisotopic (exact) mass is 1220 g/mol. The third kappa shape index (κ3) is 17.7. The molecule has 8 amide bonds. The van der Waals surface area contributed by atoms with Crippen LogP contribution in [0.25, 0.3) is 11.1 Å². The highest BCUT2D eigenvalue weighted by Gasteiger charge is 2.47. The van der Waals surface area contributed by atoms with Crippen LogP contribution in [0.5, 0.6) is 0 Å². The Labute approximate surface area is 510 Å². The van der Waals surface area contributed by atoms with Crippen LogP contribution in [0.4, 0.5) is 13.2 Å². The molecule has 22 heteroatoms. The minimum absolute atomic E-state index is 0.0539. The van der Waals surface area contributed by atoms with E-state index in [-0.39, 0.29) is 44.6 Å². The molecule has 0 aromatic heterocycles. The second kappa shape index (κ2) is 30.5. The maximum atomic E-state index is 15.6. The number of hydrogen-bond donors (Lipinski definition) is 4. The largest absolute Gasteiger partial charge is 0.450 e. The molecule has 87 heavy (non-hydrogen) atoms. The number of cyclic esters (lactones) is 1. The number of aliphatic hydroxyl groups is 1. The summed E-state index contributed by atoms with van der Waals surface area (Å²) < 4.78 is 47.0. The fourth-order valence-electron chi connectivity index (χ4n) is 11.3. The fourth-order valence-corrected chi connectivity index (χ4v) is 11.3. The number of rotatable bonds is 14. The molecule has 4 N–H and O–H groups in total. The van der Waals surface area contributed by atoms with E-state index in [1.54, 1.807) is 82.3 Å². The van der Waals surface area contributed by atoms with Crippen molar-refractivity contribution in [1.29, 1.82) is 0 Å². The maximum Gasteiger partial charge on any atom is 0.416 e. The first kappa shape index (κ1) is 70.4. The summed E-state index contributed by atoms with van der Waals surface area (Å²) in [5, 5.41) is 20.2. The third-order valence-corrected chi connectivity index (χ3v) is 17.1. The average molecular weight is 1220 g/mol. The smallest absolute Gasteiger partial charge is 0.416 e. The normalized spacial score (nSPS) is 25.2. The van der Waals surface area contributed by atoms with E-state index in [0.717, 1.165) is 26.8 Å². The molecule has 19 nitrogen and oxygen atoms in total. The van der Waals surface area contributed by atoms with Gasteiger partial charge in [0, 0.05) is 53.5 Å². The topological polar surface area (TPSA) is 235 Å². The zero-order chi connectivity index (χ0) is 65.0. The van der Waals surface area contributed by atoms with Crippen molar-refractivity contribution in [2.45, 2.75) is 193 Å². The second-order valence-electron chi connectivity index (χ2n) is 24.6. The summed E-state index contributed by atoms with van der Waals surface area (Å²) >= 11 is 0. The number of likely N-dealkylation sites (N-methyl/N-ethyl adjacent to an activating group) is 4. The molecule has 0 spiro atoms. The summed E-state index contributed by atoms with van der Waals surface area (Å²) in [5.41, 5.74) is -0.774. The van der Waals surface area contributed by atoms with Gasteiger partial charge in [-0.3, -0.25) is 38.4 Å². The number of ether oxygens (including phenoxy) is 1. The standard InChI is InChI=1S/C65H91F3N8O11/c1-15-23-49-56(78)70-48(36-42-24-19-18-20-25-42)58(80)74(13)51(37-43-26-21-27-45(35-43)44-29-31-46(32-30-44)65(66,67)68)60(82)76-33-22-28-50(76)57(79)71-52(39(6)16-2)61(83)72(11)41(8)55(77)69-47(34-38(4)5)59(81)75(14)54(64(9,10)86)63(85)87-53(40(7)17-3)62(84)73(49)12/h18-21,24-27,29-32,35,38-41,47-54,86H,15-17,22-23,28,33-34,36-37H2,1-14H3,(H,69,77)(H,70,78)(H,71,79)/t39?,40-,41+,47?,48?,49+,50?,51?,52?,53?,54?/m1/s1. The molecule has 0 saturated carbocycles. The van der Waals surface area contributed by atoms with Crippen LogP contribution in [0.3, 0.4) is 0 Å². The molecule has 11 atom stereocenters. The fraction of sp³-hybridized carbons (Fsp3) is 0.585. The van der Waals surface area contributed by atoms with Gasteiger partial charge in [0.25, 0.3) is 5.91 Å². The summed E-state index contributed by atoms with van der Waals surface area (Å²) in [4.78, 5) is 140. The molecule has 2 aliphatic heterocycles. The lowest BCUT2D eigenvalue weighted by Gasteiger charge is -2.39. The van der Waals surface area contributed by atoms with Crippen LogP contribution in [0.1, 0.15) is 131 Å². The van der Waals surface area contributed by atoms with Gasteiger partial charge >= 0.3 is 12.1 Å². The Morgan fingerprint density at radius 3 is 1.78 bits per heavy atom. The number of hydrogen-bond acceptors (Lipinski definition) is 11. The molecule has 8 unspecified atom stereocenters. The van der Waals surface area contributed by atoms with Crippen LogP contribution in [-0.4, -0.2) is 178 Å². The van der Waals surface area contributed by atoms with Crippen LogP contribution < -0.4 is 16.0 Å². The lowest BCUT2D eigenvalue weighted by atomic mass is 9.94. The summed E-state index contributed by atoms with van der Waals surface area (Å²) in [7, 11) is 5.43. The van der Waals surface area contributed by atoms with Gasteiger partial charge in [-0.2, -0.15) is 13.2 Å². The van der Waals surface area contributed by atoms with Gasteiger partial charge in [-0.05, 0) is 99.1 Å². The number of esters is 1. The molecular formula is C65H91F3N8O11. The SMILES string of the molecule is CCC[C@H]1C(=O)NC(Cc2ccccc2)C(=O)N(C)C(Cc2cccc(-c3ccc(C(F)(F)F)cc3)c2)C(=O)N2CCCC2C(=O)NC(C(C)CC)C(=O)N(C)[C@@H](C)C(=O)NC(CC(C)C)C(=O)N(C)C(C(C)(C)O)C(=O)OC([C@H](C)CC)C(=O)N1C. The lowest BCUT2D eigenvalue weighted by Crippen LogP contribution is -2.62. The van der Waals surface area contributed by atoms with Crippen molar-refractivity contribution < 1.29 is 66.2 Å². The molecule has 2 aliphatic rings. The molecule has 0 aliphatic carbocycles. The zero-order valence-electron chi connectivity index (χ0n) is 52.9. The van der Waals surface area contributed by atoms with Crippen LogP contribution in [0.2, 0.25) is 0 Å². The minimum Gasteiger partial charge on any atom is -0.450 e. The van der Waals surface area contributed by atoms with E-state index in [9.17, 15) is 47.0 Å². The van der Waals surface area contributed by atoms with Gasteiger partial charge in [0.05, 0.1) is 11.2 Å². The Hall–Kier alpha value is -7.36. The molecular weight excluding hydrogens is 1130 g/mol. The Kier molecular flexibility index (Phi) is 24.7. The van der Waals surface area contributed by atoms with Crippen molar-refractivity contribution >= 4 is 53.2 Å². The van der Waals surface area contributed by atoms with Crippen molar-refractivity contribution in [2.75, 3.05) is 34.7 Å². The van der Waals surface area contributed by atoms with Crippen molar-refractivity contribution in [3.05, 3.63) is 95.6 Å². The van der Waals surface area contributed by atoms with Crippen molar-refractivity contribution in [2.24, 2.45) is 17.8 Å². The number of halogens is 3. The van der Waals surface area contributed by atoms with Gasteiger partial charge in [-0.1, -0.05) is 128 Å². The first-order valence-electron chi connectivity index (χ1n) is 30.3. The summed E-state index contributed by atoms with van der Waals surface area (Å²) in [6.07, 6.45) is -4.73. The average Bonchev–Trinajstić information content (AvgIpc) is 2.20. The quantitative estimate of drug-likeness (QED) is 0.126. The molecule has 2 saturated heterocycles. The van der Waals surface area contributed by atoms with Crippen LogP contribution in [0, 0.1) is 17.8 Å². The molecule has 2 heterocycles.